The Hall–Kier alpha value is -1.43. The van der Waals surface area contributed by atoms with E-state index in [2.05, 4.69) is 15.9 Å². The highest BCUT2D eigenvalue weighted by atomic mass is 79.9. The fraction of sp³-hybridized carbons (Fsp3) is 0.462. The zero-order valence-corrected chi connectivity index (χ0v) is 12.2. The summed E-state index contributed by atoms with van der Waals surface area (Å²) in [4.78, 5) is 24.6. The number of halogens is 1. The number of alkyl halides is 1. The smallest absolute Gasteiger partial charge is 0.272 e. The van der Waals surface area contributed by atoms with Crippen molar-refractivity contribution in [3.05, 3.63) is 39.4 Å². The molecular formula is C13H15BrN2O3. The molecule has 6 heteroatoms. The van der Waals surface area contributed by atoms with Gasteiger partial charge in [0.05, 0.1) is 4.92 Å². The van der Waals surface area contributed by atoms with Crippen LogP contribution in [0.1, 0.15) is 28.8 Å². The van der Waals surface area contributed by atoms with Gasteiger partial charge >= 0.3 is 0 Å². The summed E-state index contributed by atoms with van der Waals surface area (Å²) in [5.74, 6) is -0.0417. The van der Waals surface area contributed by atoms with Crippen LogP contribution in [0.15, 0.2) is 18.2 Å². The van der Waals surface area contributed by atoms with Crippen LogP contribution in [0.4, 0.5) is 5.69 Å². The summed E-state index contributed by atoms with van der Waals surface area (Å²) in [6.07, 6.45) is 2.01. The van der Waals surface area contributed by atoms with E-state index in [9.17, 15) is 14.9 Å². The van der Waals surface area contributed by atoms with Crippen LogP contribution in [0.2, 0.25) is 0 Å². The molecule has 5 nitrogen and oxygen atoms in total. The fourth-order valence-corrected chi connectivity index (χ4v) is 3.10. The molecule has 0 radical (unpaired) electrons. The quantitative estimate of drug-likeness (QED) is 0.487. The Morgan fingerprint density at radius 1 is 1.58 bits per heavy atom. The van der Waals surface area contributed by atoms with Crippen molar-refractivity contribution in [3.63, 3.8) is 0 Å². The highest BCUT2D eigenvalue weighted by Gasteiger charge is 2.29. The number of hydrogen-bond donors (Lipinski definition) is 0. The third-order valence-corrected chi connectivity index (χ3v) is 4.20. The first kappa shape index (κ1) is 14.0. The Kier molecular flexibility index (Phi) is 4.19. The maximum atomic E-state index is 12.4. The van der Waals surface area contributed by atoms with Crippen molar-refractivity contribution in [2.75, 3.05) is 11.9 Å². The second-order valence-electron chi connectivity index (χ2n) is 4.71. The van der Waals surface area contributed by atoms with E-state index in [-0.39, 0.29) is 17.6 Å². The largest absolute Gasteiger partial charge is 0.335 e. The van der Waals surface area contributed by atoms with Crippen LogP contribution in [-0.4, -0.2) is 33.6 Å². The van der Waals surface area contributed by atoms with Gasteiger partial charge in [-0.15, -0.1) is 0 Å². The Morgan fingerprint density at radius 3 is 2.89 bits per heavy atom. The van der Waals surface area contributed by atoms with E-state index in [1.54, 1.807) is 13.0 Å². The summed E-state index contributed by atoms with van der Waals surface area (Å²) in [7, 11) is 0. The number of carbonyl (C=O) groups excluding carboxylic acids is 1. The second-order valence-corrected chi connectivity index (χ2v) is 5.35. The standard InChI is InChI=1S/C13H15BrN2O3/c1-9-7-10(4-5-12(9)16(18)19)13(17)15-6-2-3-11(15)8-14/h4-5,7,11H,2-3,6,8H2,1H3. The molecule has 1 aromatic rings. The SMILES string of the molecule is Cc1cc(C(=O)N2CCCC2CBr)ccc1[N+](=O)[O-]. The summed E-state index contributed by atoms with van der Waals surface area (Å²) in [6.45, 7) is 2.41. The monoisotopic (exact) mass is 326 g/mol. The predicted molar refractivity (Wildman–Crippen MR) is 75.7 cm³/mol. The molecule has 1 saturated heterocycles. The van der Waals surface area contributed by atoms with Gasteiger partial charge in [0.25, 0.3) is 11.6 Å². The van der Waals surface area contributed by atoms with E-state index in [1.807, 2.05) is 4.90 Å². The van der Waals surface area contributed by atoms with Gasteiger partial charge in [0, 0.05) is 35.1 Å². The zero-order valence-electron chi connectivity index (χ0n) is 10.6. The van der Waals surface area contributed by atoms with Gasteiger partial charge in [0.1, 0.15) is 0 Å². The van der Waals surface area contributed by atoms with Crippen LogP contribution in [0.5, 0.6) is 0 Å². The van der Waals surface area contributed by atoms with E-state index >= 15 is 0 Å². The summed E-state index contributed by atoms with van der Waals surface area (Å²) >= 11 is 3.42. The van der Waals surface area contributed by atoms with Crippen molar-refractivity contribution in [3.8, 4) is 0 Å². The average molecular weight is 327 g/mol. The zero-order chi connectivity index (χ0) is 14.0. The highest BCUT2D eigenvalue weighted by molar-refractivity contribution is 9.09. The molecular weight excluding hydrogens is 312 g/mol. The third kappa shape index (κ3) is 2.78. The molecule has 0 N–H and O–H groups in total. The Labute approximate surface area is 119 Å². The minimum absolute atomic E-state index is 0.0417. The lowest BCUT2D eigenvalue weighted by Crippen LogP contribution is -2.36. The number of amides is 1. The molecule has 0 spiro atoms. The number of carbonyl (C=O) groups is 1. The highest BCUT2D eigenvalue weighted by Crippen LogP contribution is 2.24. The summed E-state index contributed by atoms with van der Waals surface area (Å²) in [5.41, 5.74) is 1.09. The second kappa shape index (κ2) is 5.69. The van der Waals surface area contributed by atoms with Gasteiger partial charge in [-0.25, -0.2) is 0 Å². The predicted octanol–water partition coefficient (Wildman–Crippen LogP) is 2.90. The number of aryl methyl sites for hydroxylation is 1. The number of rotatable bonds is 3. The van der Waals surface area contributed by atoms with Crippen molar-refractivity contribution < 1.29 is 9.72 Å². The Bertz CT molecular complexity index is 519. The number of nitro benzene ring substituents is 1. The third-order valence-electron chi connectivity index (χ3n) is 3.46. The lowest BCUT2D eigenvalue weighted by molar-refractivity contribution is -0.385. The molecule has 1 aromatic carbocycles. The van der Waals surface area contributed by atoms with Crippen molar-refractivity contribution in [2.24, 2.45) is 0 Å². The number of likely N-dealkylation sites (tertiary alicyclic amines) is 1. The van der Waals surface area contributed by atoms with E-state index in [0.717, 1.165) is 24.7 Å². The molecule has 102 valence electrons. The van der Waals surface area contributed by atoms with E-state index in [4.69, 9.17) is 0 Å². The average Bonchev–Trinajstić information content (AvgIpc) is 2.85. The fourth-order valence-electron chi connectivity index (χ4n) is 2.42. The van der Waals surface area contributed by atoms with Gasteiger partial charge in [-0.1, -0.05) is 15.9 Å². The minimum atomic E-state index is -0.430. The molecule has 0 bridgehead atoms. The molecule has 0 aromatic heterocycles. The topological polar surface area (TPSA) is 63.5 Å². The number of nitrogens with zero attached hydrogens (tertiary/aromatic N) is 2. The van der Waals surface area contributed by atoms with Crippen molar-refractivity contribution in [2.45, 2.75) is 25.8 Å². The molecule has 1 unspecified atom stereocenters. The summed E-state index contributed by atoms with van der Waals surface area (Å²) < 4.78 is 0. The van der Waals surface area contributed by atoms with Crippen molar-refractivity contribution >= 4 is 27.5 Å². The molecule has 1 heterocycles. The van der Waals surface area contributed by atoms with Gasteiger partial charge in [0.15, 0.2) is 0 Å². The summed E-state index contributed by atoms with van der Waals surface area (Å²) in [6, 6.07) is 4.77. The molecule has 1 atom stereocenters. The van der Waals surface area contributed by atoms with E-state index in [1.165, 1.54) is 12.1 Å². The van der Waals surface area contributed by atoms with Gasteiger partial charge < -0.3 is 4.90 Å². The maximum absolute atomic E-state index is 12.4. The number of nitro groups is 1. The molecule has 1 amide bonds. The molecule has 2 rings (SSSR count). The van der Waals surface area contributed by atoms with Crippen molar-refractivity contribution in [1.82, 2.24) is 4.90 Å². The molecule has 19 heavy (non-hydrogen) atoms. The van der Waals surface area contributed by atoms with E-state index < -0.39 is 4.92 Å². The van der Waals surface area contributed by atoms with Crippen LogP contribution in [0.25, 0.3) is 0 Å². The van der Waals surface area contributed by atoms with Crippen molar-refractivity contribution in [1.29, 1.82) is 0 Å². The van der Waals surface area contributed by atoms with Gasteiger partial charge in [-0.3, -0.25) is 14.9 Å². The molecule has 0 aliphatic carbocycles. The minimum Gasteiger partial charge on any atom is -0.335 e. The van der Waals surface area contributed by atoms with Gasteiger partial charge in [-0.05, 0) is 31.9 Å². The molecule has 1 fully saturated rings. The number of benzene rings is 1. The van der Waals surface area contributed by atoms with Gasteiger partial charge in [-0.2, -0.15) is 0 Å². The first-order chi connectivity index (χ1) is 9.04. The maximum Gasteiger partial charge on any atom is 0.272 e. The van der Waals surface area contributed by atoms with E-state index in [0.29, 0.717) is 11.1 Å². The summed E-state index contributed by atoms with van der Waals surface area (Å²) in [5, 5.41) is 11.5. The first-order valence-electron chi connectivity index (χ1n) is 6.16. The number of hydrogen-bond acceptors (Lipinski definition) is 3. The van der Waals surface area contributed by atoms with Crippen LogP contribution >= 0.6 is 15.9 Å². The Balaban J connectivity index is 2.25. The van der Waals surface area contributed by atoms with Crippen LogP contribution in [-0.2, 0) is 0 Å². The van der Waals surface area contributed by atoms with Crippen LogP contribution < -0.4 is 0 Å². The lowest BCUT2D eigenvalue weighted by Gasteiger charge is -2.23. The first-order valence-corrected chi connectivity index (χ1v) is 7.28. The molecule has 1 aliphatic heterocycles. The van der Waals surface area contributed by atoms with Gasteiger partial charge in [0.2, 0.25) is 0 Å². The Morgan fingerprint density at radius 2 is 2.32 bits per heavy atom. The molecule has 1 aliphatic rings. The van der Waals surface area contributed by atoms with Crippen LogP contribution in [0.3, 0.4) is 0 Å². The lowest BCUT2D eigenvalue weighted by atomic mass is 10.1. The normalized spacial score (nSPS) is 18.6. The van der Waals surface area contributed by atoms with Crippen LogP contribution in [0, 0.1) is 17.0 Å². The molecule has 0 saturated carbocycles.